The number of benzene rings is 1. The summed E-state index contributed by atoms with van der Waals surface area (Å²) in [6.07, 6.45) is 1.08. The van der Waals surface area contributed by atoms with E-state index in [-0.39, 0.29) is 93.8 Å². The highest BCUT2D eigenvalue weighted by Crippen LogP contribution is 2.30. The predicted molar refractivity (Wildman–Crippen MR) is 291 cm³/mol. The summed E-state index contributed by atoms with van der Waals surface area (Å²) in [6.45, 7) is 21.4. The number of amides is 6. The molecular formula is C55H96N8O13. The van der Waals surface area contributed by atoms with Crippen LogP contribution in [0.5, 0.6) is 0 Å². The van der Waals surface area contributed by atoms with Crippen LogP contribution in [0.15, 0.2) is 24.3 Å². The first-order valence-corrected chi connectivity index (χ1v) is 27.2. The van der Waals surface area contributed by atoms with Crippen LogP contribution in [0.3, 0.4) is 0 Å². The number of nitrogens with zero attached hydrogens (tertiary/aromatic N) is 3. The minimum absolute atomic E-state index is 0.0146. The number of hydrogen-bond acceptors (Lipinski definition) is 14. The summed E-state index contributed by atoms with van der Waals surface area (Å²) < 4.78 is 22.6. The minimum Gasteiger partial charge on any atom is -0.481 e. The lowest BCUT2D eigenvalue weighted by atomic mass is 9.89. The number of aliphatic carboxylic acids is 1. The Morgan fingerprint density at radius 1 is 0.789 bits per heavy atom. The molecule has 1 aliphatic rings. The molecule has 1 aliphatic heterocycles. The van der Waals surface area contributed by atoms with Crippen molar-refractivity contribution in [1.82, 2.24) is 36.1 Å². The molecule has 1 saturated heterocycles. The number of carbonyl (C=O) groups is 7. The highest BCUT2D eigenvalue weighted by molar-refractivity contribution is 5.97. The van der Waals surface area contributed by atoms with Crippen molar-refractivity contribution >= 4 is 47.1 Å². The number of hydroxylamine groups is 1. The number of likely N-dealkylation sites (tertiary alicyclic amines) is 1. The third kappa shape index (κ3) is 22.7. The Bertz CT molecular complexity index is 1930. The van der Waals surface area contributed by atoms with E-state index in [9.17, 15) is 33.6 Å². The fourth-order valence-electron chi connectivity index (χ4n) is 9.62. The van der Waals surface area contributed by atoms with E-state index in [2.05, 4.69) is 59.3 Å². The number of carboxylic acid groups (broad SMARTS) is 1. The van der Waals surface area contributed by atoms with Gasteiger partial charge in [0, 0.05) is 52.5 Å². The maximum Gasteiger partial charge on any atom is 0.305 e. The Morgan fingerprint density at radius 2 is 1.42 bits per heavy atom. The van der Waals surface area contributed by atoms with E-state index in [1.165, 1.54) is 7.11 Å². The van der Waals surface area contributed by atoms with Crippen molar-refractivity contribution in [2.24, 2.45) is 29.6 Å². The number of carboxylic acids is 1. The van der Waals surface area contributed by atoms with Crippen molar-refractivity contribution < 1.29 is 62.5 Å². The van der Waals surface area contributed by atoms with Crippen LogP contribution in [0.25, 0.3) is 0 Å². The predicted octanol–water partition coefficient (Wildman–Crippen LogP) is 4.23. The average Bonchev–Trinajstić information content (AvgIpc) is 3.85. The van der Waals surface area contributed by atoms with E-state index >= 15 is 0 Å². The Hall–Kier alpha value is -4.77. The minimum atomic E-state index is -0.952. The summed E-state index contributed by atoms with van der Waals surface area (Å²) in [5.74, 6) is -3.21. The van der Waals surface area contributed by atoms with E-state index in [1.54, 1.807) is 55.0 Å². The zero-order chi connectivity index (χ0) is 57.2. The summed E-state index contributed by atoms with van der Waals surface area (Å²) in [7, 11) is 9.02. The molecule has 2 rings (SSSR count). The second-order valence-corrected chi connectivity index (χ2v) is 21.5. The Labute approximate surface area is 453 Å². The molecule has 1 heterocycles. The van der Waals surface area contributed by atoms with Gasteiger partial charge in [-0.2, -0.15) is 0 Å². The van der Waals surface area contributed by atoms with Gasteiger partial charge in [-0.1, -0.05) is 80.9 Å². The van der Waals surface area contributed by atoms with Gasteiger partial charge < -0.3 is 60.0 Å². The van der Waals surface area contributed by atoms with Crippen LogP contribution in [0.2, 0.25) is 0 Å². The molecule has 76 heavy (non-hydrogen) atoms. The van der Waals surface area contributed by atoms with Gasteiger partial charge in [-0.05, 0) is 81.6 Å². The summed E-state index contributed by atoms with van der Waals surface area (Å²) in [5, 5.41) is 20.5. The van der Waals surface area contributed by atoms with Gasteiger partial charge in [0.15, 0.2) is 0 Å². The Balaban J connectivity index is 2.03. The van der Waals surface area contributed by atoms with Gasteiger partial charge in [0.1, 0.15) is 12.1 Å². The molecule has 0 aromatic heterocycles. The van der Waals surface area contributed by atoms with Crippen LogP contribution in [-0.4, -0.2) is 185 Å². The molecule has 6 N–H and O–H groups in total. The van der Waals surface area contributed by atoms with Gasteiger partial charge in [-0.15, -0.1) is 0 Å². The van der Waals surface area contributed by atoms with Crippen molar-refractivity contribution in [3.63, 3.8) is 0 Å². The monoisotopic (exact) mass is 1080 g/mol. The molecule has 1 aromatic rings. The lowest BCUT2D eigenvalue weighted by Gasteiger charge is -2.41. The first-order chi connectivity index (χ1) is 35.9. The van der Waals surface area contributed by atoms with Crippen LogP contribution in [-0.2, 0) is 64.0 Å². The third-order valence-electron chi connectivity index (χ3n) is 14.2. The molecule has 21 heteroatoms. The van der Waals surface area contributed by atoms with E-state index < -0.39 is 72.0 Å². The topological polar surface area (TPSA) is 256 Å². The normalized spacial score (nSPS) is 17.4. The molecule has 0 aliphatic carbocycles. The van der Waals surface area contributed by atoms with E-state index in [1.807, 2.05) is 48.8 Å². The molecule has 10 unspecified atom stereocenters. The summed E-state index contributed by atoms with van der Waals surface area (Å²) in [6, 6.07) is 3.95. The van der Waals surface area contributed by atoms with Crippen LogP contribution in [0.1, 0.15) is 120 Å². The van der Waals surface area contributed by atoms with E-state index in [0.717, 1.165) is 6.42 Å². The maximum absolute atomic E-state index is 14.4. The largest absolute Gasteiger partial charge is 0.481 e. The molecule has 10 atom stereocenters. The first kappa shape index (κ1) is 67.3. The smallest absolute Gasteiger partial charge is 0.305 e. The van der Waals surface area contributed by atoms with Gasteiger partial charge in [0.2, 0.25) is 29.5 Å². The number of likely N-dealkylation sites (N-methyl/N-ethyl adjacent to an activating group) is 2. The van der Waals surface area contributed by atoms with Crippen LogP contribution >= 0.6 is 0 Å². The van der Waals surface area contributed by atoms with Gasteiger partial charge in [0.25, 0.3) is 5.91 Å². The fraction of sp³-hybridized carbons (Fsp3) is 0.764. The molecule has 1 fully saturated rings. The highest BCUT2D eigenvalue weighted by Gasteiger charge is 2.43. The van der Waals surface area contributed by atoms with E-state index in [4.69, 9.17) is 28.9 Å². The summed E-state index contributed by atoms with van der Waals surface area (Å²) in [4.78, 5) is 103. The molecule has 434 valence electrons. The zero-order valence-corrected chi connectivity index (χ0v) is 48.4. The SMILES string of the molecule is CCC(C)C(C(CC(=O)N1CCCC1C(OC)C(C)C(=O)NC(CC(C)C)C(=O)NOCc1ccc(NC(=O)C(C)NC(=O)CCOCCOCCC(=O)O)cc1)OC)N(C)C(=O)C(NCC(C(C)C)N(C)C)C(C)C. The second-order valence-electron chi connectivity index (χ2n) is 21.5. The molecule has 1 aromatic carbocycles. The third-order valence-corrected chi connectivity index (χ3v) is 14.2. The van der Waals surface area contributed by atoms with Gasteiger partial charge in [-0.25, -0.2) is 5.48 Å². The summed E-state index contributed by atoms with van der Waals surface area (Å²) in [5.41, 5.74) is 3.64. The molecule has 0 saturated carbocycles. The second kappa shape index (κ2) is 34.9. The number of nitrogens with one attached hydrogen (secondary N) is 5. The van der Waals surface area contributed by atoms with E-state index in [0.29, 0.717) is 49.5 Å². The molecule has 0 spiro atoms. The Kier molecular flexibility index (Phi) is 30.9. The van der Waals surface area contributed by atoms with Crippen molar-refractivity contribution in [2.75, 3.05) is 80.2 Å². The number of carbonyl (C=O) groups excluding carboxylic acids is 6. The first-order valence-electron chi connectivity index (χ1n) is 27.2. The highest BCUT2D eigenvalue weighted by atomic mass is 16.7. The summed E-state index contributed by atoms with van der Waals surface area (Å²) >= 11 is 0. The number of hydrogen-bond donors (Lipinski definition) is 6. The molecule has 6 amide bonds. The molecule has 0 bridgehead atoms. The van der Waals surface area contributed by atoms with Gasteiger partial charge in [0.05, 0.1) is 82.1 Å². The number of anilines is 1. The van der Waals surface area contributed by atoms with Crippen molar-refractivity contribution in [2.45, 2.75) is 169 Å². The molecule has 21 nitrogen and oxygen atoms in total. The van der Waals surface area contributed by atoms with Crippen LogP contribution in [0, 0.1) is 29.6 Å². The van der Waals surface area contributed by atoms with Crippen LogP contribution < -0.4 is 26.7 Å². The molecule has 0 radical (unpaired) electrons. The van der Waals surface area contributed by atoms with Crippen LogP contribution in [0.4, 0.5) is 5.69 Å². The Morgan fingerprint density at radius 3 is 1.96 bits per heavy atom. The number of ether oxygens (including phenoxy) is 4. The van der Waals surface area contributed by atoms with Gasteiger partial charge >= 0.3 is 5.97 Å². The van der Waals surface area contributed by atoms with Gasteiger partial charge in [-0.3, -0.25) is 38.4 Å². The quantitative estimate of drug-likeness (QED) is 0.0403. The lowest BCUT2D eigenvalue weighted by Crippen LogP contribution is -2.58. The zero-order valence-electron chi connectivity index (χ0n) is 48.4. The standard InChI is InChI=1S/C55H96N8O13/c1-16-37(8)50(62(13)55(71)49(36(6)7)56-32-44(35(4)5)61(11)12)45(72-14)31-47(65)63-25-17-18-43(63)51(73-15)38(9)52(68)59-42(30-34(2)3)54(70)60-76-33-40-19-21-41(22-20-40)58-53(69)39(10)57-46(64)23-26-74-28-29-75-27-24-48(66)67/h19-22,34-39,42-45,49-51,56H,16-18,23-33H2,1-15H3,(H,57,64)(H,58,69)(H,59,68)(H,60,70)(H,66,67). The lowest BCUT2D eigenvalue weighted by molar-refractivity contribution is -0.147. The van der Waals surface area contributed by atoms with Crippen molar-refractivity contribution in [1.29, 1.82) is 0 Å². The van der Waals surface area contributed by atoms with Crippen molar-refractivity contribution in [3.8, 4) is 0 Å². The van der Waals surface area contributed by atoms with Crippen molar-refractivity contribution in [3.05, 3.63) is 29.8 Å². The number of methoxy groups -OCH3 is 2. The number of rotatable bonds is 37. The average molecular weight is 1080 g/mol. The molecular weight excluding hydrogens is 981 g/mol. The fourth-order valence-corrected chi connectivity index (χ4v) is 9.62. The maximum atomic E-state index is 14.4.